The molecule has 4 heteroatoms. The minimum absolute atomic E-state index is 0.363. The van der Waals surface area contributed by atoms with Crippen LogP contribution >= 0.6 is 12.6 Å². The predicted molar refractivity (Wildman–Crippen MR) is 63.8 cm³/mol. The van der Waals surface area contributed by atoms with E-state index < -0.39 is 5.97 Å². The molecule has 3 nitrogen and oxygen atoms in total. The number of ether oxygens (including phenoxy) is 1. The highest BCUT2D eigenvalue weighted by atomic mass is 32.1. The van der Waals surface area contributed by atoms with Crippen molar-refractivity contribution in [1.29, 1.82) is 0 Å². The van der Waals surface area contributed by atoms with Crippen LogP contribution < -0.4 is 5.32 Å². The van der Waals surface area contributed by atoms with Crippen molar-refractivity contribution in [3.63, 3.8) is 0 Å². The molecule has 15 heavy (non-hydrogen) atoms. The second kappa shape index (κ2) is 6.14. The summed E-state index contributed by atoms with van der Waals surface area (Å²) in [5, 5.41) is 3.41. The topological polar surface area (TPSA) is 38.3 Å². The summed E-state index contributed by atoms with van der Waals surface area (Å²) < 4.78 is 4.75. The predicted octanol–water partition coefficient (Wildman–Crippen LogP) is 2.43. The van der Waals surface area contributed by atoms with Crippen LogP contribution in [0.4, 0.5) is 5.69 Å². The molecule has 0 amide bonds. The molecular formula is C11H13NO2S. The normalized spacial score (nSPS) is 10.9. The highest BCUT2D eigenvalue weighted by molar-refractivity contribution is 7.84. The van der Waals surface area contributed by atoms with E-state index in [0.29, 0.717) is 11.6 Å². The molecule has 0 unspecified atom stereocenters. The van der Waals surface area contributed by atoms with E-state index in [1.807, 2.05) is 30.3 Å². The van der Waals surface area contributed by atoms with Crippen molar-refractivity contribution < 1.29 is 9.53 Å². The smallest absolute Gasteiger partial charge is 0.333 e. The Morgan fingerprint density at radius 1 is 1.47 bits per heavy atom. The number of esters is 1. The summed E-state index contributed by atoms with van der Waals surface area (Å²) in [7, 11) is 0. The molecule has 1 aromatic carbocycles. The van der Waals surface area contributed by atoms with Crippen LogP contribution in [0.3, 0.4) is 0 Å². The molecule has 0 saturated heterocycles. The molecule has 0 saturated carbocycles. The first-order valence-corrected chi connectivity index (χ1v) is 5.06. The number of hydrogen-bond donors (Lipinski definition) is 2. The number of benzene rings is 1. The number of carbonyl (C=O) groups excluding carboxylic acids is 1. The van der Waals surface area contributed by atoms with Crippen molar-refractivity contribution in [2.75, 3.05) is 11.9 Å². The fraction of sp³-hybridized carbons (Fsp3) is 0.182. The van der Waals surface area contributed by atoms with Crippen LogP contribution in [-0.2, 0) is 9.53 Å². The van der Waals surface area contributed by atoms with E-state index in [0.717, 1.165) is 5.69 Å². The lowest BCUT2D eigenvalue weighted by Crippen LogP contribution is -2.03. The van der Waals surface area contributed by atoms with Gasteiger partial charge in [0, 0.05) is 5.69 Å². The van der Waals surface area contributed by atoms with Gasteiger partial charge in [-0.3, -0.25) is 0 Å². The van der Waals surface area contributed by atoms with Crippen molar-refractivity contribution in [3.8, 4) is 0 Å². The maximum absolute atomic E-state index is 11.1. The van der Waals surface area contributed by atoms with Gasteiger partial charge in [-0.2, -0.15) is 0 Å². The van der Waals surface area contributed by atoms with Crippen LogP contribution in [0.5, 0.6) is 0 Å². The molecule has 0 aliphatic heterocycles. The van der Waals surface area contributed by atoms with Gasteiger partial charge in [-0.1, -0.05) is 18.2 Å². The molecule has 0 radical (unpaired) electrons. The van der Waals surface area contributed by atoms with Crippen molar-refractivity contribution in [1.82, 2.24) is 0 Å². The fourth-order valence-electron chi connectivity index (χ4n) is 1.00. The van der Waals surface area contributed by atoms with Crippen LogP contribution in [0.2, 0.25) is 0 Å². The lowest BCUT2D eigenvalue weighted by molar-refractivity contribution is -0.137. The molecule has 80 valence electrons. The average molecular weight is 223 g/mol. The number of anilines is 1. The SMILES string of the molecule is CCOC(=O)/C=C(\S)Nc1ccccc1. The van der Waals surface area contributed by atoms with Gasteiger partial charge in [0.15, 0.2) is 0 Å². The average Bonchev–Trinajstić information content (AvgIpc) is 2.19. The van der Waals surface area contributed by atoms with Gasteiger partial charge in [0.2, 0.25) is 0 Å². The zero-order chi connectivity index (χ0) is 11.1. The maximum Gasteiger partial charge on any atom is 0.333 e. The lowest BCUT2D eigenvalue weighted by atomic mass is 10.3. The summed E-state index contributed by atoms with van der Waals surface area (Å²) in [5.74, 6) is -0.397. The van der Waals surface area contributed by atoms with Gasteiger partial charge in [0.25, 0.3) is 0 Å². The molecule has 0 aromatic heterocycles. The van der Waals surface area contributed by atoms with Crippen LogP contribution in [0.25, 0.3) is 0 Å². The van der Waals surface area contributed by atoms with Gasteiger partial charge in [0.05, 0.1) is 17.7 Å². The van der Waals surface area contributed by atoms with Crippen LogP contribution in [0.15, 0.2) is 41.4 Å². The molecular weight excluding hydrogens is 210 g/mol. The second-order valence-electron chi connectivity index (χ2n) is 2.77. The van der Waals surface area contributed by atoms with E-state index in [1.165, 1.54) is 6.08 Å². The number of thiol groups is 1. The number of para-hydroxylation sites is 1. The Labute approximate surface area is 94.5 Å². The molecule has 0 atom stereocenters. The number of nitrogens with one attached hydrogen (secondary N) is 1. The number of rotatable bonds is 4. The van der Waals surface area contributed by atoms with Crippen molar-refractivity contribution in [2.45, 2.75) is 6.92 Å². The molecule has 0 spiro atoms. The number of carbonyl (C=O) groups is 1. The summed E-state index contributed by atoms with van der Waals surface area (Å²) in [4.78, 5) is 11.1. The Hall–Kier alpha value is -1.42. The highest BCUT2D eigenvalue weighted by Gasteiger charge is 1.98. The second-order valence-corrected chi connectivity index (χ2v) is 3.25. The summed E-state index contributed by atoms with van der Waals surface area (Å²) in [6.45, 7) is 2.12. The van der Waals surface area contributed by atoms with E-state index in [4.69, 9.17) is 4.74 Å². The maximum atomic E-state index is 11.1. The summed E-state index contributed by atoms with van der Waals surface area (Å²) in [6.07, 6.45) is 1.31. The van der Waals surface area contributed by atoms with Crippen LogP contribution in [0.1, 0.15) is 6.92 Å². The standard InChI is InChI=1S/C11H13NO2S/c1-2-14-11(13)8-10(15)12-9-6-4-3-5-7-9/h3-8,12,15H,2H2,1H3/b10-8-. The largest absolute Gasteiger partial charge is 0.463 e. The van der Waals surface area contributed by atoms with E-state index >= 15 is 0 Å². The molecule has 1 rings (SSSR count). The molecule has 0 bridgehead atoms. The molecule has 0 aliphatic carbocycles. The van der Waals surface area contributed by atoms with Gasteiger partial charge < -0.3 is 10.1 Å². The molecule has 1 aromatic rings. The quantitative estimate of drug-likeness (QED) is 0.468. The fourth-order valence-corrected chi connectivity index (χ4v) is 1.24. The zero-order valence-corrected chi connectivity index (χ0v) is 9.33. The van der Waals surface area contributed by atoms with Crippen molar-refractivity contribution in [2.24, 2.45) is 0 Å². The van der Waals surface area contributed by atoms with Gasteiger partial charge in [-0.15, -0.1) is 12.6 Å². The van der Waals surface area contributed by atoms with Gasteiger partial charge in [0.1, 0.15) is 0 Å². The first-order valence-electron chi connectivity index (χ1n) is 4.62. The third kappa shape index (κ3) is 4.56. The van der Waals surface area contributed by atoms with E-state index in [9.17, 15) is 4.79 Å². The first-order chi connectivity index (χ1) is 7.22. The molecule has 1 N–H and O–H groups in total. The molecule has 0 heterocycles. The van der Waals surface area contributed by atoms with Crippen LogP contribution in [0, 0.1) is 0 Å². The van der Waals surface area contributed by atoms with E-state index in [1.54, 1.807) is 6.92 Å². The zero-order valence-electron chi connectivity index (χ0n) is 8.43. The Morgan fingerprint density at radius 3 is 2.73 bits per heavy atom. The van der Waals surface area contributed by atoms with Gasteiger partial charge in [-0.25, -0.2) is 4.79 Å². The van der Waals surface area contributed by atoms with Crippen molar-refractivity contribution in [3.05, 3.63) is 41.4 Å². The Kier molecular flexibility index (Phi) is 4.77. The monoisotopic (exact) mass is 223 g/mol. The van der Waals surface area contributed by atoms with E-state index in [-0.39, 0.29) is 0 Å². The van der Waals surface area contributed by atoms with Gasteiger partial charge in [-0.05, 0) is 19.1 Å². The third-order valence-electron chi connectivity index (χ3n) is 1.59. The number of hydrogen-bond acceptors (Lipinski definition) is 4. The minimum atomic E-state index is -0.397. The lowest BCUT2D eigenvalue weighted by Gasteiger charge is -2.04. The Bertz CT molecular complexity index is 349. The van der Waals surface area contributed by atoms with E-state index in [2.05, 4.69) is 17.9 Å². The van der Waals surface area contributed by atoms with Crippen molar-refractivity contribution >= 4 is 24.3 Å². The summed E-state index contributed by atoms with van der Waals surface area (Å²) >= 11 is 4.12. The Morgan fingerprint density at radius 2 is 2.13 bits per heavy atom. The summed E-state index contributed by atoms with van der Waals surface area (Å²) in [6, 6.07) is 9.48. The summed E-state index contributed by atoms with van der Waals surface area (Å²) in [5.41, 5.74) is 0.878. The molecule has 0 aliphatic rings. The van der Waals surface area contributed by atoms with Crippen LogP contribution in [-0.4, -0.2) is 12.6 Å². The third-order valence-corrected chi connectivity index (χ3v) is 1.83. The van der Waals surface area contributed by atoms with Gasteiger partial charge >= 0.3 is 5.97 Å². The molecule has 0 fully saturated rings. The highest BCUT2D eigenvalue weighted by Crippen LogP contribution is 2.10. The first kappa shape index (κ1) is 11.7. The minimum Gasteiger partial charge on any atom is -0.463 e. The Balaban J connectivity index is 2.55.